The molecule has 0 unspecified atom stereocenters. The van der Waals surface area contributed by atoms with Crippen LogP contribution in [-0.2, 0) is 0 Å². The molecule has 2 heterocycles. The van der Waals surface area contributed by atoms with Crippen LogP contribution in [0.2, 0.25) is 5.28 Å². The zero-order valence-corrected chi connectivity index (χ0v) is 11.9. The van der Waals surface area contributed by atoms with Gasteiger partial charge in [0.1, 0.15) is 0 Å². The maximum atomic E-state index is 5.94. The first kappa shape index (κ1) is 12.3. The van der Waals surface area contributed by atoms with Gasteiger partial charge in [-0.3, -0.25) is 0 Å². The highest BCUT2D eigenvalue weighted by Gasteiger charge is 2.09. The molecule has 0 N–H and O–H groups in total. The topological polar surface area (TPSA) is 56.5 Å². The molecule has 0 spiro atoms. The van der Waals surface area contributed by atoms with Crippen LogP contribution < -0.4 is 0 Å². The van der Waals surface area contributed by atoms with Gasteiger partial charge >= 0.3 is 0 Å². The van der Waals surface area contributed by atoms with Gasteiger partial charge in [-0.1, -0.05) is 28.1 Å². The van der Waals surface area contributed by atoms with Gasteiger partial charge in [-0.2, -0.15) is 20.1 Å². The Morgan fingerprint density at radius 2 is 2.00 bits per heavy atom. The fraction of sp³-hybridized carbons (Fsp3) is 0. The molecular weight excluding hydrogens is 330 g/mol. The lowest BCUT2D eigenvalue weighted by atomic mass is 10.2. The Morgan fingerprint density at radius 1 is 1.11 bits per heavy atom. The zero-order valence-electron chi connectivity index (χ0n) is 9.53. The van der Waals surface area contributed by atoms with Crippen molar-refractivity contribution in [3.8, 4) is 17.3 Å². The summed E-state index contributed by atoms with van der Waals surface area (Å²) in [5.41, 5.74) is 0.854. The van der Waals surface area contributed by atoms with Crippen LogP contribution >= 0.6 is 27.5 Å². The van der Waals surface area contributed by atoms with Crippen LogP contribution in [0, 0.1) is 0 Å². The van der Waals surface area contributed by atoms with Crippen molar-refractivity contribution in [2.75, 3.05) is 0 Å². The second-order valence-electron chi connectivity index (χ2n) is 3.69. The van der Waals surface area contributed by atoms with Crippen molar-refractivity contribution in [3.05, 3.63) is 52.5 Å². The monoisotopic (exact) mass is 335 g/mol. The van der Waals surface area contributed by atoms with Crippen LogP contribution in [0.15, 0.2) is 47.2 Å². The molecule has 3 aromatic rings. The van der Waals surface area contributed by atoms with Crippen LogP contribution in [0.3, 0.4) is 0 Å². The molecule has 0 saturated heterocycles. The normalized spacial score (nSPS) is 10.6. The minimum atomic E-state index is 0.135. The number of hydrogen-bond acceptors (Lipinski definition) is 4. The van der Waals surface area contributed by atoms with Gasteiger partial charge in [-0.05, 0) is 29.8 Å². The highest BCUT2D eigenvalue weighted by Crippen LogP contribution is 2.21. The van der Waals surface area contributed by atoms with E-state index < -0.39 is 0 Å². The van der Waals surface area contributed by atoms with Gasteiger partial charge in [0.05, 0.1) is 0 Å². The zero-order chi connectivity index (χ0) is 13.2. The van der Waals surface area contributed by atoms with E-state index in [0.29, 0.717) is 11.8 Å². The van der Waals surface area contributed by atoms with Crippen molar-refractivity contribution >= 4 is 27.5 Å². The third-order valence-electron chi connectivity index (χ3n) is 2.39. The number of rotatable bonds is 2. The summed E-state index contributed by atoms with van der Waals surface area (Å²) in [6.07, 6.45) is 3.40. The van der Waals surface area contributed by atoms with Crippen molar-refractivity contribution in [3.63, 3.8) is 0 Å². The van der Waals surface area contributed by atoms with Crippen molar-refractivity contribution in [1.82, 2.24) is 24.7 Å². The first-order chi connectivity index (χ1) is 9.22. The molecule has 0 bridgehead atoms. The predicted octanol–water partition coefficient (Wildman–Crippen LogP) is 3.14. The van der Waals surface area contributed by atoms with Crippen LogP contribution in [0.5, 0.6) is 0 Å². The summed E-state index contributed by atoms with van der Waals surface area (Å²) in [6, 6.07) is 9.45. The molecule has 0 aliphatic rings. The molecule has 0 fully saturated rings. The van der Waals surface area contributed by atoms with Crippen LogP contribution in [0.1, 0.15) is 0 Å². The average Bonchev–Trinajstić information content (AvgIpc) is 2.92. The van der Waals surface area contributed by atoms with Gasteiger partial charge < -0.3 is 0 Å². The third kappa shape index (κ3) is 2.64. The van der Waals surface area contributed by atoms with Gasteiger partial charge in [-0.15, -0.1) is 0 Å². The summed E-state index contributed by atoms with van der Waals surface area (Å²) in [5.74, 6) is 0.895. The Bertz CT molecular complexity index is 714. The number of benzene rings is 1. The average molecular weight is 337 g/mol. The van der Waals surface area contributed by atoms with Crippen LogP contribution in [-0.4, -0.2) is 24.7 Å². The molecule has 0 amide bonds. The summed E-state index contributed by atoms with van der Waals surface area (Å²) in [7, 11) is 0. The van der Waals surface area contributed by atoms with E-state index in [2.05, 4.69) is 36.0 Å². The van der Waals surface area contributed by atoms with Gasteiger partial charge in [-0.25, -0.2) is 4.68 Å². The lowest BCUT2D eigenvalue weighted by Gasteiger charge is -2.04. The molecule has 0 radical (unpaired) electrons. The summed E-state index contributed by atoms with van der Waals surface area (Å²) in [4.78, 5) is 12.6. The summed E-state index contributed by atoms with van der Waals surface area (Å²) < 4.78 is 2.48. The Hall–Kier alpha value is -1.79. The number of nitrogens with zero attached hydrogens (tertiary/aromatic N) is 5. The van der Waals surface area contributed by atoms with Gasteiger partial charge in [0, 0.05) is 22.4 Å². The Morgan fingerprint density at radius 3 is 2.74 bits per heavy atom. The minimum Gasteiger partial charge on any atom is -0.206 e. The third-order valence-corrected chi connectivity index (χ3v) is 3.05. The minimum absolute atomic E-state index is 0.135. The molecular formula is C12H7BrClN5. The largest absolute Gasteiger partial charge is 0.255 e. The van der Waals surface area contributed by atoms with E-state index in [1.165, 1.54) is 4.68 Å². The van der Waals surface area contributed by atoms with Crippen LogP contribution in [0.25, 0.3) is 17.3 Å². The molecule has 7 heteroatoms. The lowest BCUT2D eigenvalue weighted by Crippen LogP contribution is -2.04. The van der Waals surface area contributed by atoms with E-state index in [4.69, 9.17) is 11.6 Å². The van der Waals surface area contributed by atoms with Gasteiger partial charge in [0.2, 0.25) is 5.28 Å². The predicted molar refractivity (Wildman–Crippen MR) is 75.1 cm³/mol. The molecule has 1 aromatic carbocycles. The van der Waals surface area contributed by atoms with E-state index in [9.17, 15) is 0 Å². The molecule has 0 aliphatic carbocycles. The highest BCUT2D eigenvalue weighted by molar-refractivity contribution is 9.10. The van der Waals surface area contributed by atoms with Crippen molar-refractivity contribution in [2.24, 2.45) is 0 Å². The van der Waals surface area contributed by atoms with Crippen molar-refractivity contribution in [1.29, 1.82) is 0 Å². The standard InChI is InChI=1S/C12H7BrClN5/c13-9-4-1-3-8(7-9)10-16-11(14)18-12(17-10)19-6-2-5-15-19/h1-7H. The number of halogens is 2. The molecule has 2 aromatic heterocycles. The van der Waals surface area contributed by atoms with Crippen LogP contribution in [0.4, 0.5) is 0 Å². The number of aromatic nitrogens is 5. The second kappa shape index (κ2) is 5.07. The van der Waals surface area contributed by atoms with E-state index in [1.54, 1.807) is 18.5 Å². The Kier molecular flexibility index (Phi) is 3.27. The first-order valence-corrected chi connectivity index (χ1v) is 6.57. The lowest BCUT2D eigenvalue weighted by molar-refractivity contribution is 0.798. The fourth-order valence-corrected chi connectivity index (χ4v) is 2.14. The maximum Gasteiger partial charge on any atom is 0.255 e. The molecule has 19 heavy (non-hydrogen) atoms. The van der Waals surface area contributed by atoms with E-state index in [1.807, 2.05) is 24.3 Å². The first-order valence-electron chi connectivity index (χ1n) is 5.40. The SMILES string of the molecule is Clc1nc(-c2cccc(Br)c2)nc(-n2cccn2)n1. The van der Waals surface area contributed by atoms with Crippen molar-refractivity contribution < 1.29 is 0 Å². The van der Waals surface area contributed by atoms with Gasteiger partial charge in [0.25, 0.3) is 5.95 Å². The molecule has 3 rings (SSSR count). The number of hydrogen-bond donors (Lipinski definition) is 0. The molecule has 5 nitrogen and oxygen atoms in total. The molecule has 0 aliphatic heterocycles. The molecule has 0 atom stereocenters. The van der Waals surface area contributed by atoms with E-state index >= 15 is 0 Å². The van der Waals surface area contributed by atoms with E-state index in [-0.39, 0.29) is 5.28 Å². The summed E-state index contributed by atoms with van der Waals surface area (Å²) in [6.45, 7) is 0. The summed E-state index contributed by atoms with van der Waals surface area (Å²) >= 11 is 9.36. The fourth-order valence-electron chi connectivity index (χ4n) is 1.59. The smallest absolute Gasteiger partial charge is 0.206 e. The Balaban J connectivity index is 2.12. The van der Waals surface area contributed by atoms with Gasteiger partial charge in [0.15, 0.2) is 5.82 Å². The Labute approximate surface area is 122 Å². The maximum absolute atomic E-state index is 5.94. The quantitative estimate of drug-likeness (QED) is 0.721. The highest BCUT2D eigenvalue weighted by atomic mass is 79.9. The van der Waals surface area contributed by atoms with Crippen molar-refractivity contribution in [2.45, 2.75) is 0 Å². The molecule has 0 saturated carbocycles. The second-order valence-corrected chi connectivity index (χ2v) is 4.94. The van der Waals surface area contributed by atoms with E-state index in [0.717, 1.165) is 10.0 Å². The molecule has 94 valence electrons. The summed E-state index contributed by atoms with van der Waals surface area (Å²) in [5, 5.41) is 4.21.